The first-order valence-electron chi connectivity index (χ1n) is 7.98. The fraction of sp³-hybridized carbons (Fsp3) is 0.368. The summed E-state index contributed by atoms with van der Waals surface area (Å²) in [6.07, 6.45) is 1.26. The van der Waals surface area contributed by atoms with Crippen LogP contribution >= 0.6 is 0 Å². The minimum atomic E-state index is 0.482. The van der Waals surface area contributed by atoms with Crippen molar-refractivity contribution in [3.63, 3.8) is 0 Å². The molecule has 0 aromatic heterocycles. The SMILES string of the molecule is c1ccc(C2CN(CC3Cc4ccccc43)CCN2)cc1. The van der Waals surface area contributed by atoms with Crippen LogP contribution in [0.4, 0.5) is 0 Å². The van der Waals surface area contributed by atoms with E-state index in [9.17, 15) is 0 Å². The highest BCUT2D eigenvalue weighted by atomic mass is 15.2. The lowest BCUT2D eigenvalue weighted by Crippen LogP contribution is -2.47. The van der Waals surface area contributed by atoms with Crippen LogP contribution in [0.15, 0.2) is 54.6 Å². The van der Waals surface area contributed by atoms with E-state index in [1.807, 2.05) is 0 Å². The Balaban J connectivity index is 1.41. The zero-order valence-electron chi connectivity index (χ0n) is 12.3. The molecule has 1 N–H and O–H groups in total. The van der Waals surface area contributed by atoms with Crippen LogP contribution in [0.25, 0.3) is 0 Å². The van der Waals surface area contributed by atoms with Gasteiger partial charge in [-0.3, -0.25) is 4.90 Å². The summed E-state index contributed by atoms with van der Waals surface area (Å²) in [6.45, 7) is 4.60. The van der Waals surface area contributed by atoms with Gasteiger partial charge in [-0.1, -0.05) is 54.6 Å². The predicted octanol–water partition coefficient (Wildman–Crippen LogP) is 2.97. The van der Waals surface area contributed by atoms with Crippen molar-refractivity contribution in [2.75, 3.05) is 26.2 Å². The van der Waals surface area contributed by atoms with Gasteiger partial charge in [0.1, 0.15) is 0 Å². The molecular formula is C19H22N2. The van der Waals surface area contributed by atoms with Crippen LogP contribution in [0, 0.1) is 0 Å². The Morgan fingerprint density at radius 1 is 1.00 bits per heavy atom. The molecule has 4 rings (SSSR count). The summed E-state index contributed by atoms with van der Waals surface area (Å²) in [6, 6.07) is 20.2. The van der Waals surface area contributed by atoms with E-state index in [-0.39, 0.29) is 0 Å². The molecule has 1 fully saturated rings. The minimum Gasteiger partial charge on any atom is -0.308 e. The van der Waals surface area contributed by atoms with Crippen LogP contribution < -0.4 is 5.32 Å². The van der Waals surface area contributed by atoms with Crippen molar-refractivity contribution in [1.29, 1.82) is 0 Å². The Morgan fingerprint density at radius 2 is 1.81 bits per heavy atom. The molecule has 0 spiro atoms. The number of piperazine rings is 1. The van der Waals surface area contributed by atoms with Crippen molar-refractivity contribution in [1.82, 2.24) is 10.2 Å². The number of hydrogen-bond acceptors (Lipinski definition) is 2. The molecule has 0 bridgehead atoms. The number of nitrogens with zero attached hydrogens (tertiary/aromatic N) is 1. The lowest BCUT2D eigenvalue weighted by atomic mass is 9.77. The summed E-state index contributed by atoms with van der Waals surface area (Å²) in [5.74, 6) is 0.746. The average molecular weight is 278 g/mol. The van der Waals surface area contributed by atoms with Gasteiger partial charge in [0.25, 0.3) is 0 Å². The topological polar surface area (TPSA) is 15.3 Å². The quantitative estimate of drug-likeness (QED) is 0.928. The van der Waals surface area contributed by atoms with Crippen LogP contribution in [0.2, 0.25) is 0 Å². The van der Waals surface area contributed by atoms with Crippen molar-refractivity contribution in [2.24, 2.45) is 0 Å². The molecule has 1 heterocycles. The number of hydrogen-bond donors (Lipinski definition) is 1. The third-order valence-electron chi connectivity index (χ3n) is 4.90. The summed E-state index contributed by atoms with van der Waals surface area (Å²) in [5, 5.41) is 3.65. The van der Waals surface area contributed by atoms with E-state index in [0.717, 1.165) is 19.0 Å². The maximum absolute atomic E-state index is 3.65. The molecule has 21 heavy (non-hydrogen) atoms. The average Bonchev–Trinajstić information content (AvgIpc) is 2.54. The van der Waals surface area contributed by atoms with Gasteiger partial charge >= 0.3 is 0 Å². The Hall–Kier alpha value is -1.64. The summed E-state index contributed by atoms with van der Waals surface area (Å²) >= 11 is 0. The van der Waals surface area contributed by atoms with Gasteiger partial charge in [-0.15, -0.1) is 0 Å². The van der Waals surface area contributed by atoms with Crippen LogP contribution in [-0.4, -0.2) is 31.1 Å². The van der Waals surface area contributed by atoms with Crippen molar-refractivity contribution in [3.05, 3.63) is 71.3 Å². The van der Waals surface area contributed by atoms with E-state index >= 15 is 0 Å². The zero-order valence-corrected chi connectivity index (χ0v) is 12.3. The standard InChI is InChI=1S/C19H22N2/c1-2-6-15(7-3-1)19-14-21(11-10-20-19)13-17-12-16-8-4-5-9-18(16)17/h1-9,17,19-20H,10-14H2. The monoisotopic (exact) mass is 278 g/mol. The maximum atomic E-state index is 3.65. The minimum absolute atomic E-state index is 0.482. The molecule has 1 aliphatic carbocycles. The Kier molecular flexibility index (Phi) is 3.50. The van der Waals surface area contributed by atoms with Gasteiger partial charge in [-0.25, -0.2) is 0 Å². The van der Waals surface area contributed by atoms with Crippen molar-refractivity contribution >= 4 is 0 Å². The third kappa shape index (κ3) is 2.61. The second kappa shape index (κ2) is 5.63. The molecule has 0 radical (unpaired) electrons. The third-order valence-corrected chi connectivity index (χ3v) is 4.90. The van der Waals surface area contributed by atoms with Crippen molar-refractivity contribution in [2.45, 2.75) is 18.4 Å². The second-order valence-electron chi connectivity index (χ2n) is 6.28. The first-order chi connectivity index (χ1) is 10.4. The number of nitrogens with one attached hydrogen (secondary N) is 1. The number of fused-ring (bicyclic) bond motifs is 1. The van der Waals surface area contributed by atoms with E-state index in [1.165, 1.54) is 25.1 Å². The van der Waals surface area contributed by atoms with E-state index in [2.05, 4.69) is 64.8 Å². The summed E-state index contributed by atoms with van der Waals surface area (Å²) in [5.41, 5.74) is 4.54. The first-order valence-corrected chi connectivity index (χ1v) is 7.98. The van der Waals surface area contributed by atoms with Gasteiger partial charge in [0.15, 0.2) is 0 Å². The lowest BCUT2D eigenvalue weighted by molar-refractivity contribution is 0.185. The molecule has 1 saturated heterocycles. The number of rotatable bonds is 3. The van der Waals surface area contributed by atoms with Gasteiger partial charge in [-0.2, -0.15) is 0 Å². The molecule has 2 aromatic rings. The van der Waals surface area contributed by atoms with Crippen LogP contribution in [0.3, 0.4) is 0 Å². The van der Waals surface area contributed by atoms with Crippen LogP contribution in [0.5, 0.6) is 0 Å². The predicted molar refractivity (Wildman–Crippen MR) is 86.5 cm³/mol. The van der Waals surface area contributed by atoms with Crippen molar-refractivity contribution < 1.29 is 0 Å². The molecular weight excluding hydrogens is 256 g/mol. The molecule has 1 aliphatic heterocycles. The molecule has 2 nitrogen and oxygen atoms in total. The summed E-state index contributed by atoms with van der Waals surface area (Å²) in [7, 11) is 0. The van der Waals surface area contributed by atoms with Crippen LogP contribution in [0.1, 0.15) is 28.7 Å². The van der Waals surface area contributed by atoms with Gasteiger partial charge in [0.2, 0.25) is 0 Å². The Bertz CT molecular complexity index is 606. The van der Waals surface area contributed by atoms with Gasteiger partial charge in [0.05, 0.1) is 0 Å². The highest BCUT2D eigenvalue weighted by molar-refractivity contribution is 5.40. The molecule has 2 aliphatic rings. The summed E-state index contributed by atoms with van der Waals surface area (Å²) in [4.78, 5) is 2.63. The second-order valence-corrected chi connectivity index (χ2v) is 6.28. The fourth-order valence-corrected chi connectivity index (χ4v) is 3.72. The maximum Gasteiger partial charge on any atom is 0.0449 e. The van der Waals surface area contributed by atoms with Gasteiger partial charge < -0.3 is 5.32 Å². The molecule has 108 valence electrons. The highest BCUT2D eigenvalue weighted by Gasteiger charge is 2.29. The molecule has 0 amide bonds. The van der Waals surface area contributed by atoms with E-state index in [0.29, 0.717) is 6.04 Å². The molecule has 2 atom stereocenters. The smallest absolute Gasteiger partial charge is 0.0449 e. The molecule has 2 unspecified atom stereocenters. The van der Waals surface area contributed by atoms with E-state index in [1.54, 1.807) is 11.1 Å². The van der Waals surface area contributed by atoms with Crippen LogP contribution in [-0.2, 0) is 6.42 Å². The first kappa shape index (κ1) is 13.1. The van der Waals surface area contributed by atoms with Crippen molar-refractivity contribution in [3.8, 4) is 0 Å². The largest absolute Gasteiger partial charge is 0.308 e. The molecule has 0 saturated carbocycles. The molecule has 2 heteroatoms. The molecule has 2 aromatic carbocycles. The van der Waals surface area contributed by atoms with Gasteiger partial charge in [-0.05, 0) is 23.1 Å². The summed E-state index contributed by atoms with van der Waals surface area (Å²) < 4.78 is 0. The zero-order chi connectivity index (χ0) is 14.1. The lowest BCUT2D eigenvalue weighted by Gasteiger charge is -2.39. The number of benzene rings is 2. The normalized spacial score (nSPS) is 25.1. The van der Waals surface area contributed by atoms with Gasteiger partial charge in [0, 0.05) is 38.1 Å². The highest BCUT2D eigenvalue weighted by Crippen LogP contribution is 2.35. The Labute approximate surface area is 126 Å². The Morgan fingerprint density at radius 3 is 2.67 bits per heavy atom. The van der Waals surface area contributed by atoms with E-state index < -0.39 is 0 Å². The van der Waals surface area contributed by atoms with E-state index in [4.69, 9.17) is 0 Å². The fourth-order valence-electron chi connectivity index (χ4n) is 3.72.